The first kappa shape index (κ1) is 19.6. The molecule has 0 heterocycles. The molecule has 0 spiro atoms. The summed E-state index contributed by atoms with van der Waals surface area (Å²) in [5.74, 6) is -5.85. The van der Waals surface area contributed by atoms with E-state index in [1.54, 1.807) is 0 Å². The lowest BCUT2D eigenvalue weighted by molar-refractivity contribution is -0.368. The molecule has 2 aromatic rings. The van der Waals surface area contributed by atoms with Gasteiger partial charge in [-0.15, -0.1) is 0 Å². The maximum atomic E-state index is 14.4. The van der Waals surface area contributed by atoms with E-state index >= 15 is 0 Å². The molecule has 1 unspecified atom stereocenters. The average molecular weight is 384 g/mol. The summed E-state index contributed by atoms with van der Waals surface area (Å²) in [6, 6.07) is 10.2. The lowest BCUT2D eigenvalue weighted by Crippen LogP contribution is -2.62. The summed E-state index contributed by atoms with van der Waals surface area (Å²) in [6.07, 6.45) is -6.04. The van der Waals surface area contributed by atoms with Crippen molar-refractivity contribution >= 4 is 11.8 Å². The Labute approximate surface area is 142 Å². The van der Waals surface area contributed by atoms with Gasteiger partial charge in [0.15, 0.2) is 0 Å². The van der Waals surface area contributed by atoms with Crippen LogP contribution in [-0.4, -0.2) is 22.5 Å². The largest absolute Gasteiger partial charge is 0.427 e. The van der Waals surface area contributed by atoms with Crippen LogP contribution in [-0.2, 0) is 5.60 Å². The van der Waals surface area contributed by atoms with Crippen molar-refractivity contribution < 1.29 is 35.8 Å². The Morgan fingerprint density at radius 3 is 1.56 bits per heavy atom. The van der Waals surface area contributed by atoms with Gasteiger partial charge in [-0.2, -0.15) is 30.7 Å². The van der Waals surface area contributed by atoms with E-state index in [1.807, 2.05) is 0 Å². The predicted molar refractivity (Wildman–Crippen MR) is 78.6 cm³/mol. The Kier molecular flexibility index (Phi) is 5.11. The first-order valence-corrected chi connectivity index (χ1v) is 7.59. The quantitative estimate of drug-likeness (QED) is 0.546. The van der Waals surface area contributed by atoms with Crippen LogP contribution >= 0.6 is 11.8 Å². The van der Waals surface area contributed by atoms with E-state index in [9.17, 15) is 35.8 Å². The highest BCUT2D eigenvalue weighted by atomic mass is 32.2. The molecule has 0 aromatic heterocycles. The minimum atomic E-state index is -6.04. The highest BCUT2D eigenvalue weighted by Crippen LogP contribution is 2.59. The van der Waals surface area contributed by atoms with Crippen molar-refractivity contribution in [3.63, 3.8) is 0 Å². The number of aliphatic hydroxyl groups is 1. The fourth-order valence-electron chi connectivity index (χ4n) is 2.11. The molecule has 0 bridgehead atoms. The minimum Gasteiger partial charge on any atom is -0.372 e. The zero-order valence-electron chi connectivity index (χ0n) is 12.3. The number of benzene rings is 2. The summed E-state index contributed by atoms with van der Waals surface area (Å²) in [5.41, 5.74) is -6.44. The Bertz CT molecular complexity index is 703. The van der Waals surface area contributed by atoms with Crippen LogP contribution < -0.4 is 0 Å². The topological polar surface area (TPSA) is 20.2 Å². The van der Waals surface area contributed by atoms with Crippen LogP contribution in [0.5, 0.6) is 0 Å². The van der Waals surface area contributed by atoms with Crippen LogP contribution in [0.2, 0.25) is 0 Å². The average Bonchev–Trinajstić information content (AvgIpc) is 2.54. The second-order valence-corrected chi connectivity index (χ2v) is 6.27. The van der Waals surface area contributed by atoms with Gasteiger partial charge in [-0.1, -0.05) is 48.5 Å². The van der Waals surface area contributed by atoms with Crippen molar-refractivity contribution in [2.45, 2.75) is 27.8 Å². The number of hydrogen-bond donors (Lipinski definition) is 1. The number of thioether (sulfide) groups is 1. The molecule has 2 aromatic carbocycles. The zero-order valence-corrected chi connectivity index (χ0v) is 13.1. The molecule has 25 heavy (non-hydrogen) atoms. The van der Waals surface area contributed by atoms with Gasteiger partial charge in [-0.25, -0.2) is 0 Å². The molecule has 0 radical (unpaired) electrons. The molecule has 0 aliphatic carbocycles. The second kappa shape index (κ2) is 6.53. The van der Waals surface area contributed by atoms with Crippen molar-refractivity contribution in [3.05, 3.63) is 66.2 Å². The van der Waals surface area contributed by atoms with Crippen LogP contribution in [0.15, 0.2) is 65.6 Å². The van der Waals surface area contributed by atoms with E-state index in [-0.39, 0.29) is 4.90 Å². The lowest BCUT2D eigenvalue weighted by Gasteiger charge is -2.40. The Morgan fingerprint density at radius 1 is 0.680 bits per heavy atom. The van der Waals surface area contributed by atoms with E-state index in [2.05, 4.69) is 0 Å². The summed E-state index contributed by atoms with van der Waals surface area (Å²) < 4.78 is 96.9. The van der Waals surface area contributed by atoms with E-state index in [1.165, 1.54) is 24.3 Å². The van der Waals surface area contributed by atoms with Gasteiger partial charge in [0.2, 0.25) is 0 Å². The molecule has 0 saturated heterocycles. The Balaban J connectivity index is 2.55. The summed E-state index contributed by atoms with van der Waals surface area (Å²) in [4.78, 5) is -0.371. The lowest BCUT2D eigenvalue weighted by atomic mass is 9.86. The van der Waals surface area contributed by atoms with Gasteiger partial charge < -0.3 is 5.11 Å². The van der Waals surface area contributed by atoms with Crippen molar-refractivity contribution in [3.8, 4) is 0 Å². The van der Waals surface area contributed by atoms with E-state index < -0.39 is 40.3 Å². The molecule has 9 heteroatoms. The first-order valence-electron chi connectivity index (χ1n) is 6.78. The van der Waals surface area contributed by atoms with Crippen LogP contribution in [0.1, 0.15) is 5.56 Å². The minimum absolute atomic E-state index is 0.371. The molecular weight excluding hydrogens is 373 g/mol. The van der Waals surface area contributed by atoms with Crippen LogP contribution in [0.25, 0.3) is 0 Å². The molecule has 1 nitrogen and oxygen atoms in total. The van der Waals surface area contributed by atoms with Gasteiger partial charge in [-0.05, 0) is 29.5 Å². The third kappa shape index (κ3) is 3.35. The molecule has 0 aliphatic rings. The fourth-order valence-corrected chi connectivity index (χ4v) is 2.98. The van der Waals surface area contributed by atoms with E-state index in [0.717, 1.165) is 24.3 Å². The van der Waals surface area contributed by atoms with Crippen molar-refractivity contribution in [2.24, 2.45) is 0 Å². The first-order chi connectivity index (χ1) is 11.4. The van der Waals surface area contributed by atoms with Crippen molar-refractivity contribution in [1.82, 2.24) is 0 Å². The van der Waals surface area contributed by atoms with Gasteiger partial charge in [0.1, 0.15) is 0 Å². The number of halogens is 7. The van der Waals surface area contributed by atoms with Gasteiger partial charge in [-0.3, -0.25) is 0 Å². The number of rotatable bonds is 5. The van der Waals surface area contributed by atoms with Crippen molar-refractivity contribution in [2.75, 3.05) is 0 Å². The van der Waals surface area contributed by atoms with E-state index in [4.69, 9.17) is 0 Å². The second-order valence-electron chi connectivity index (χ2n) is 5.08. The molecular formula is C16H11F7OS. The number of alkyl halides is 7. The predicted octanol–water partition coefficient (Wildman–Crippen LogP) is 5.46. The van der Waals surface area contributed by atoms with Gasteiger partial charge in [0.05, 0.1) is 0 Å². The van der Waals surface area contributed by atoms with Crippen molar-refractivity contribution in [1.29, 1.82) is 0 Å². The zero-order chi connectivity index (χ0) is 18.9. The van der Waals surface area contributed by atoms with Crippen LogP contribution in [0.4, 0.5) is 30.7 Å². The molecule has 0 aliphatic heterocycles. The van der Waals surface area contributed by atoms with Gasteiger partial charge in [0.25, 0.3) is 5.60 Å². The molecule has 2 rings (SSSR count). The van der Waals surface area contributed by atoms with Crippen LogP contribution in [0, 0.1) is 0 Å². The summed E-state index contributed by atoms with van der Waals surface area (Å²) in [7, 11) is 0. The maximum absolute atomic E-state index is 14.4. The Morgan fingerprint density at radius 2 is 1.12 bits per heavy atom. The molecule has 136 valence electrons. The van der Waals surface area contributed by atoms with Crippen LogP contribution in [0.3, 0.4) is 0 Å². The molecule has 1 atom stereocenters. The van der Waals surface area contributed by atoms with Gasteiger partial charge in [0, 0.05) is 4.90 Å². The molecule has 0 amide bonds. The SMILES string of the molecule is OC(c1ccccc1)(C(F)(F)F)C(F)(F)C(F)(F)Sc1ccccc1. The summed E-state index contributed by atoms with van der Waals surface area (Å²) in [6.45, 7) is 0. The maximum Gasteiger partial charge on any atom is 0.427 e. The standard InChI is InChI=1S/C16H11F7OS/c17-14(18,16(22,23)25-12-9-5-2-6-10-12)13(24,15(19,20)21)11-7-3-1-4-8-11/h1-10,24H. The third-order valence-corrected chi connectivity index (χ3v) is 4.43. The van der Waals surface area contributed by atoms with E-state index in [0.29, 0.717) is 12.1 Å². The van der Waals surface area contributed by atoms with Gasteiger partial charge >= 0.3 is 17.4 Å². The normalized spacial score (nSPS) is 15.7. The Hall–Kier alpha value is -1.74. The smallest absolute Gasteiger partial charge is 0.372 e. The highest BCUT2D eigenvalue weighted by Gasteiger charge is 2.79. The molecule has 0 saturated carbocycles. The number of hydrogen-bond acceptors (Lipinski definition) is 2. The fraction of sp³-hybridized carbons (Fsp3) is 0.250. The monoisotopic (exact) mass is 384 g/mol. The summed E-state index contributed by atoms with van der Waals surface area (Å²) in [5, 5.41) is 4.55. The molecule has 1 N–H and O–H groups in total. The third-order valence-electron chi connectivity index (χ3n) is 3.41. The summed E-state index contributed by atoms with van der Waals surface area (Å²) >= 11 is -0.753. The molecule has 0 fully saturated rings. The highest BCUT2D eigenvalue weighted by molar-refractivity contribution is 8.00.